The number of rotatable bonds is 9. The van der Waals surface area contributed by atoms with Crippen molar-refractivity contribution < 1.29 is 22.7 Å². The Morgan fingerprint density at radius 2 is 1.53 bits per heavy atom. The molecule has 9 heteroatoms. The van der Waals surface area contributed by atoms with Crippen molar-refractivity contribution in [3.63, 3.8) is 0 Å². The van der Waals surface area contributed by atoms with E-state index < -0.39 is 10.0 Å². The number of methoxy groups -OCH3 is 1. The van der Waals surface area contributed by atoms with E-state index in [1.165, 1.54) is 31.2 Å². The molecular formula is C25H27N3O5S. The van der Waals surface area contributed by atoms with Crippen LogP contribution in [0.5, 0.6) is 5.75 Å². The molecule has 0 radical (unpaired) electrons. The molecule has 8 nitrogen and oxygen atoms in total. The second-order valence-electron chi connectivity index (χ2n) is 7.71. The summed E-state index contributed by atoms with van der Waals surface area (Å²) in [6.45, 7) is 3.76. The van der Waals surface area contributed by atoms with E-state index in [0.717, 1.165) is 16.9 Å². The largest absolute Gasteiger partial charge is 0.496 e. The minimum atomic E-state index is -3.73. The lowest BCUT2D eigenvalue weighted by atomic mass is 10.1. The fourth-order valence-corrected chi connectivity index (χ4v) is 4.23. The maximum Gasteiger partial charge on any atom is 0.251 e. The molecule has 0 fully saturated rings. The van der Waals surface area contributed by atoms with Gasteiger partial charge in [0.15, 0.2) is 0 Å². The summed E-state index contributed by atoms with van der Waals surface area (Å²) in [4.78, 5) is 23.6. The summed E-state index contributed by atoms with van der Waals surface area (Å²) in [6, 6.07) is 18.3. The minimum absolute atomic E-state index is 0.0703. The average molecular weight is 482 g/mol. The molecule has 3 N–H and O–H groups in total. The topological polar surface area (TPSA) is 114 Å². The highest BCUT2D eigenvalue weighted by Gasteiger charge is 2.14. The number of nitrogens with one attached hydrogen (secondary N) is 3. The Bertz CT molecular complexity index is 1270. The standard InChI is InChI=1S/C25H27N3O5S/c1-17-4-5-20(14-24(17)33-3)15-26-25(30)21-8-6-19(7-9-21)16-27-34(31,32)23-12-10-22(11-13-23)28-18(2)29/h4-14,27H,15-16H2,1-3H3,(H,26,30)(H,28,29). The number of hydrogen-bond donors (Lipinski definition) is 3. The molecule has 0 saturated heterocycles. The van der Waals surface area contributed by atoms with Crippen molar-refractivity contribution in [2.45, 2.75) is 31.8 Å². The van der Waals surface area contributed by atoms with Gasteiger partial charge in [-0.1, -0.05) is 24.3 Å². The Morgan fingerprint density at radius 1 is 0.882 bits per heavy atom. The predicted molar refractivity (Wildman–Crippen MR) is 130 cm³/mol. The number of benzene rings is 3. The monoisotopic (exact) mass is 481 g/mol. The smallest absolute Gasteiger partial charge is 0.251 e. The molecule has 0 spiro atoms. The van der Waals surface area contributed by atoms with Crippen LogP contribution in [0.1, 0.15) is 34.0 Å². The van der Waals surface area contributed by atoms with Crippen LogP contribution >= 0.6 is 0 Å². The predicted octanol–water partition coefficient (Wildman–Crippen LogP) is 3.37. The van der Waals surface area contributed by atoms with Crippen LogP contribution in [-0.2, 0) is 27.9 Å². The first-order chi connectivity index (χ1) is 16.2. The highest BCUT2D eigenvalue weighted by Crippen LogP contribution is 2.19. The van der Waals surface area contributed by atoms with E-state index in [-0.39, 0.29) is 23.3 Å². The lowest BCUT2D eigenvalue weighted by Crippen LogP contribution is -2.24. The third kappa shape index (κ3) is 6.66. The van der Waals surface area contributed by atoms with Crippen molar-refractivity contribution in [3.05, 3.63) is 89.0 Å². The van der Waals surface area contributed by atoms with Crippen molar-refractivity contribution >= 4 is 27.5 Å². The van der Waals surface area contributed by atoms with Gasteiger partial charge in [0.05, 0.1) is 12.0 Å². The number of ether oxygens (including phenoxy) is 1. The van der Waals surface area contributed by atoms with E-state index in [1.807, 2.05) is 25.1 Å². The molecule has 0 saturated carbocycles. The lowest BCUT2D eigenvalue weighted by molar-refractivity contribution is -0.114. The van der Waals surface area contributed by atoms with Gasteiger partial charge in [0, 0.05) is 31.3 Å². The number of hydrogen-bond acceptors (Lipinski definition) is 5. The van der Waals surface area contributed by atoms with Gasteiger partial charge in [-0.15, -0.1) is 0 Å². The van der Waals surface area contributed by atoms with E-state index >= 15 is 0 Å². The summed E-state index contributed by atoms with van der Waals surface area (Å²) in [5, 5.41) is 5.46. The normalized spacial score (nSPS) is 11.0. The first-order valence-corrected chi connectivity index (χ1v) is 12.0. The highest BCUT2D eigenvalue weighted by molar-refractivity contribution is 7.89. The van der Waals surface area contributed by atoms with Crippen molar-refractivity contribution in [3.8, 4) is 5.75 Å². The highest BCUT2D eigenvalue weighted by atomic mass is 32.2. The Morgan fingerprint density at radius 3 is 2.15 bits per heavy atom. The summed E-state index contributed by atoms with van der Waals surface area (Å²) < 4.78 is 32.9. The zero-order chi connectivity index (χ0) is 24.7. The van der Waals surface area contributed by atoms with Crippen molar-refractivity contribution in [1.29, 1.82) is 0 Å². The Labute approximate surface area is 199 Å². The zero-order valence-corrected chi connectivity index (χ0v) is 20.0. The molecule has 34 heavy (non-hydrogen) atoms. The molecule has 0 aliphatic carbocycles. The SMILES string of the molecule is COc1cc(CNC(=O)c2ccc(CNS(=O)(=O)c3ccc(NC(C)=O)cc3)cc2)ccc1C. The number of amides is 2. The molecule has 0 aliphatic rings. The third-order valence-electron chi connectivity index (χ3n) is 5.09. The maximum atomic E-state index is 12.5. The van der Waals surface area contributed by atoms with Gasteiger partial charge in [0.2, 0.25) is 15.9 Å². The first kappa shape index (κ1) is 24.9. The summed E-state index contributed by atoms with van der Waals surface area (Å²) in [7, 11) is -2.12. The van der Waals surface area contributed by atoms with Gasteiger partial charge in [-0.3, -0.25) is 9.59 Å². The summed E-state index contributed by atoms with van der Waals surface area (Å²) in [6.07, 6.45) is 0. The molecule has 0 bridgehead atoms. The van der Waals surface area contributed by atoms with Crippen molar-refractivity contribution in [2.24, 2.45) is 0 Å². The second-order valence-corrected chi connectivity index (χ2v) is 9.48. The number of anilines is 1. The minimum Gasteiger partial charge on any atom is -0.496 e. The quantitative estimate of drug-likeness (QED) is 0.434. The van der Waals surface area contributed by atoms with Crippen molar-refractivity contribution in [1.82, 2.24) is 10.0 Å². The molecule has 2 amide bonds. The molecule has 0 aromatic heterocycles. The zero-order valence-electron chi connectivity index (χ0n) is 19.2. The van der Waals surface area contributed by atoms with Crippen LogP contribution in [0.15, 0.2) is 71.6 Å². The van der Waals surface area contributed by atoms with Gasteiger partial charge >= 0.3 is 0 Å². The fraction of sp³-hybridized carbons (Fsp3) is 0.200. The summed E-state index contributed by atoms with van der Waals surface area (Å²) >= 11 is 0. The molecule has 0 unspecified atom stereocenters. The third-order valence-corrected chi connectivity index (χ3v) is 6.51. The number of carbonyl (C=O) groups excluding carboxylic acids is 2. The molecule has 0 atom stereocenters. The van der Waals surface area contributed by atoms with Gasteiger partial charge < -0.3 is 15.4 Å². The second kappa shape index (κ2) is 11.0. The maximum absolute atomic E-state index is 12.5. The first-order valence-electron chi connectivity index (χ1n) is 10.6. The molecule has 0 aliphatic heterocycles. The van der Waals surface area contributed by atoms with Crippen LogP contribution in [0.3, 0.4) is 0 Å². The lowest BCUT2D eigenvalue weighted by Gasteiger charge is -2.10. The summed E-state index contributed by atoms with van der Waals surface area (Å²) in [5.74, 6) is 0.300. The molecule has 3 aromatic carbocycles. The van der Waals surface area contributed by atoms with Gasteiger partial charge in [-0.2, -0.15) is 0 Å². The van der Waals surface area contributed by atoms with Gasteiger partial charge in [-0.05, 0) is 66.1 Å². The van der Waals surface area contributed by atoms with Crippen LogP contribution in [0, 0.1) is 6.92 Å². The van der Waals surface area contributed by atoms with Crippen molar-refractivity contribution in [2.75, 3.05) is 12.4 Å². The Hall–Kier alpha value is -3.69. The molecule has 0 heterocycles. The van der Waals surface area contributed by atoms with Crippen LogP contribution in [0.2, 0.25) is 0 Å². The number of carbonyl (C=O) groups is 2. The molecule has 178 valence electrons. The van der Waals surface area contributed by atoms with Gasteiger partial charge in [0.1, 0.15) is 5.75 Å². The summed E-state index contributed by atoms with van der Waals surface area (Å²) in [5.41, 5.74) is 3.64. The van der Waals surface area contributed by atoms with Crippen LogP contribution in [0.4, 0.5) is 5.69 Å². The number of sulfonamides is 1. The Kier molecular flexibility index (Phi) is 8.04. The van der Waals surface area contributed by atoms with E-state index in [9.17, 15) is 18.0 Å². The van der Waals surface area contributed by atoms with Crippen LogP contribution in [0.25, 0.3) is 0 Å². The van der Waals surface area contributed by atoms with Gasteiger partial charge in [-0.25, -0.2) is 13.1 Å². The van der Waals surface area contributed by atoms with Gasteiger partial charge in [0.25, 0.3) is 5.91 Å². The van der Waals surface area contributed by atoms with E-state index in [4.69, 9.17) is 4.74 Å². The number of aryl methyl sites for hydroxylation is 1. The van der Waals surface area contributed by atoms with Crippen LogP contribution < -0.4 is 20.1 Å². The average Bonchev–Trinajstić information content (AvgIpc) is 2.82. The molecule has 3 aromatic rings. The van der Waals surface area contributed by atoms with E-state index in [2.05, 4.69) is 15.4 Å². The van der Waals surface area contributed by atoms with E-state index in [0.29, 0.717) is 23.4 Å². The molecule has 3 rings (SSSR count). The van der Waals surface area contributed by atoms with E-state index in [1.54, 1.807) is 31.4 Å². The fourth-order valence-electron chi connectivity index (χ4n) is 3.22. The van der Waals surface area contributed by atoms with Crippen LogP contribution in [-0.4, -0.2) is 27.3 Å². The molecular weight excluding hydrogens is 454 g/mol. The Balaban J connectivity index is 1.55.